The number of halogens is 1. The fraction of sp³-hybridized carbons (Fsp3) is 0.250. The Bertz CT molecular complexity index is 1070. The van der Waals surface area contributed by atoms with E-state index in [9.17, 15) is 0 Å². The van der Waals surface area contributed by atoms with Gasteiger partial charge in [-0.05, 0) is 49.7 Å². The zero-order valence-corrected chi connectivity index (χ0v) is 17.2. The summed E-state index contributed by atoms with van der Waals surface area (Å²) < 4.78 is 10.0. The number of rotatable bonds is 7. The van der Waals surface area contributed by atoms with E-state index in [1.807, 2.05) is 60.1 Å². The van der Waals surface area contributed by atoms with Gasteiger partial charge in [0.25, 0.3) is 0 Å². The predicted octanol–water partition coefficient (Wildman–Crippen LogP) is 4.78. The summed E-state index contributed by atoms with van der Waals surface area (Å²) in [6.45, 7) is 5.19. The Morgan fingerprint density at radius 1 is 1.18 bits per heavy atom. The van der Waals surface area contributed by atoms with Crippen LogP contribution in [0.1, 0.15) is 24.0 Å². The molecule has 144 valence electrons. The Morgan fingerprint density at radius 2 is 2.07 bits per heavy atom. The van der Waals surface area contributed by atoms with Crippen LogP contribution in [0.3, 0.4) is 0 Å². The second-order valence-corrected chi connectivity index (χ2v) is 7.71. The standard InChI is InChI=1S/C20H20ClN5OS/c1-3-26-19(12-27-17-8-7-15(21)10-14(17)2)23-24-20(26)28-13-16-11-25-9-5-4-6-18(25)22-16/h4-11H,3,12-13H2,1-2H3. The van der Waals surface area contributed by atoms with Crippen LogP contribution in [0.15, 0.2) is 53.9 Å². The number of imidazole rings is 1. The van der Waals surface area contributed by atoms with Crippen molar-refractivity contribution in [3.63, 3.8) is 0 Å². The molecule has 0 unspecified atom stereocenters. The van der Waals surface area contributed by atoms with Crippen LogP contribution in [0, 0.1) is 6.92 Å². The number of hydrogen-bond donors (Lipinski definition) is 0. The first kappa shape index (κ1) is 18.8. The summed E-state index contributed by atoms with van der Waals surface area (Å²) in [5.74, 6) is 2.33. The summed E-state index contributed by atoms with van der Waals surface area (Å²) in [5.41, 5.74) is 2.95. The highest BCUT2D eigenvalue weighted by atomic mass is 35.5. The second-order valence-electron chi connectivity index (χ2n) is 6.33. The first-order valence-corrected chi connectivity index (χ1v) is 10.4. The molecule has 6 nitrogen and oxygen atoms in total. The normalized spacial score (nSPS) is 11.2. The third kappa shape index (κ3) is 4.00. The van der Waals surface area contributed by atoms with E-state index in [1.54, 1.807) is 11.8 Å². The molecule has 0 bridgehead atoms. The highest BCUT2D eigenvalue weighted by Crippen LogP contribution is 2.25. The number of pyridine rings is 1. The Morgan fingerprint density at radius 3 is 2.86 bits per heavy atom. The molecule has 0 spiro atoms. The first-order chi connectivity index (χ1) is 13.6. The number of ether oxygens (including phenoxy) is 1. The zero-order chi connectivity index (χ0) is 19.5. The maximum atomic E-state index is 6.00. The zero-order valence-electron chi connectivity index (χ0n) is 15.7. The van der Waals surface area contributed by atoms with E-state index >= 15 is 0 Å². The number of hydrogen-bond acceptors (Lipinski definition) is 5. The SMILES string of the molecule is CCn1c(COc2ccc(Cl)cc2C)nnc1SCc1cn2ccccc2n1. The summed E-state index contributed by atoms with van der Waals surface area (Å²) in [6, 6.07) is 11.6. The van der Waals surface area contributed by atoms with Crippen molar-refractivity contribution in [2.75, 3.05) is 0 Å². The van der Waals surface area contributed by atoms with Gasteiger partial charge in [-0.2, -0.15) is 0 Å². The quantitative estimate of drug-likeness (QED) is 0.408. The van der Waals surface area contributed by atoms with Gasteiger partial charge in [0, 0.05) is 29.7 Å². The smallest absolute Gasteiger partial charge is 0.191 e. The van der Waals surface area contributed by atoms with Crippen LogP contribution < -0.4 is 4.74 Å². The van der Waals surface area contributed by atoms with Crippen molar-refractivity contribution in [1.29, 1.82) is 0 Å². The number of benzene rings is 1. The molecule has 3 aromatic heterocycles. The average molecular weight is 414 g/mol. The predicted molar refractivity (Wildman–Crippen MR) is 111 cm³/mol. The van der Waals surface area contributed by atoms with Crippen LogP contribution in [0.2, 0.25) is 5.02 Å². The van der Waals surface area contributed by atoms with Crippen LogP contribution in [0.25, 0.3) is 5.65 Å². The van der Waals surface area contributed by atoms with Crippen molar-refractivity contribution < 1.29 is 4.74 Å². The molecular formula is C20H20ClN5OS. The lowest BCUT2D eigenvalue weighted by Gasteiger charge is -2.10. The molecule has 4 rings (SSSR count). The second kappa shape index (κ2) is 8.24. The van der Waals surface area contributed by atoms with Gasteiger partial charge >= 0.3 is 0 Å². The number of thioether (sulfide) groups is 1. The fourth-order valence-corrected chi connectivity index (χ4v) is 4.09. The van der Waals surface area contributed by atoms with E-state index in [2.05, 4.69) is 26.7 Å². The lowest BCUT2D eigenvalue weighted by Crippen LogP contribution is -2.07. The molecule has 0 aliphatic rings. The summed E-state index contributed by atoms with van der Waals surface area (Å²) in [5, 5.41) is 10.2. The lowest BCUT2D eigenvalue weighted by molar-refractivity contribution is 0.286. The molecule has 0 saturated heterocycles. The number of fused-ring (bicyclic) bond motifs is 1. The first-order valence-electron chi connectivity index (χ1n) is 9.00. The largest absolute Gasteiger partial charge is 0.485 e. The highest BCUT2D eigenvalue weighted by molar-refractivity contribution is 7.98. The van der Waals surface area contributed by atoms with Crippen molar-refractivity contribution in [3.8, 4) is 5.75 Å². The molecule has 0 amide bonds. The minimum absolute atomic E-state index is 0.359. The minimum atomic E-state index is 0.359. The summed E-state index contributed by atoms with van der Waals surface area (Å²) >= 11 is 7.63. The maximum Gasteiger partial charge on any atom is 0.191 e. The van der Waals surface area contributed by atoms with Crippen LogP contribution in [0.4, 0.5) is 0 Å². The van der Waals surface area contributed by atoms with Gasteiger partial charge in [-0.25, -0.2) is 4.98 Å². The lowest BCUT2D eigenvalue weighted by atomic mass is 10.2. The van der Waals surface area contributed by atoms with Gasteiger partial charge in [0.1, 0.15) is 18.0 Å². The van der Waals surface area contributed by atoms with E-state index in [0.29, 0.717) is 11.6 Å². The molecule has 1 aromatic carbocycles. The molecule has 0 radical (unpaired) electrons. The topological polar surface area (TPSA) is 57.2 Å². The van der Waals surface area contributed by atoms with E-state index in [4.69, 9.17) is 16.3 Å². The van der Waals surface area contributed by atoms with Crippen molar-refractivity contribution in [2.45, 2.75) is 37.9 Å². The molecule has 0 atom stereocenters. The Kier molecular flexibility index (Phi) is 5.54. The monoisotopic (exact) mass is 413 g/mol. The summed E-state index contributed by atoms with van der Waals surface area (Å²) in [6.07, 6.45) is 4.04. The maximum absolute atomic E-state index is 6.00. The molecule has 0 aliphatic heterocycles. The van der Waals surface area contributed by atoms with E-state index < -0.39 is 0 Å². The van der Waals surface area contributed by atoms with E-state index in [1.165, 1.54) is 0 Å². The fourth-order valence-electron chi connectivity index (χ4n) is 2.96. The Hall–Kier alpha value is -2.51. The average Bonchev–Trinajstić information content (AvgIpc) is 3.28. The number of nitrogens with zero attached hydrogens (tertiary/aromatic N) is 5. The van der Waals surface area contributed by atoms with Gasteiger partial charge in [-0.3, -0.25) is 0 Å². The molecule has 28 heavy (non-hydrogen) atoms. The van der Waals surface area contributed by atoms with Gasteiger partial charge in [0.05, 0.1) is 5.69 Å². The van der Waals surface area contributed by atoms with Gasteiger partial charge in [-0.15, -0.1) is 10.2 Å². The van der Waals surface area contributed by atoms with Crippen LogP contribution in [-0.2, 0) is 18.9 Å². The van der Waals surface area contributed by atoms with Crippen molar-refractivity contribution in [3.05, 3.63) is 70.9 Å². The number of aromatic nitrogens is 5. The number of aryl methyl sites for hydroxylation is 1. The molecule has 8 heteroatoms. The molecule has 0 saturated carbocycles. The molecule has 0 aliphatic carbocycles. The van der Waals surface area contributed by atoms with Crippen molar-refractivity contribution in [1.82, 2.24) is 24.1 Å². The van der Waals surface area contributed by atoms with Gasteiger partial charge in [0.2, 0.25) is 0 Å². The highest BCUT2D eigenvalue weighted by Gasteiger charge is 2.13. The summed E-state index contributed by atoms with van der Waals surface area (Å²) in [4.78, 5) is 4.63. The van der Waals surface area contributed by atoms with E-state index in [-0.39, 0.29) is 0 Å². The summed E-state index contributed by atoms with van der Waals surface area (Å²) in [7, 11) is 0. The van der Waals surface area contributed by atoms with E-state index in [0.717, 1.165) is 45.9 Å². The molecule has 0 N–H and O–H groups in total. The Labute approximate surface area is 172 Å². The third-order valence-electron chi connectivity index (χ3n) is 4.37. The molecule has 0 fully saturated rings. The van der Waals surface area contributed by atoms with Gasteiger partial charge in [-0.1, -0.05) is 29.4 Å². The minimum Gasteiger partial charge on any atom is -0.485 e. The van der Waals surface area contributed by atoms with Crippen LogP contribution >= 0.6 is 23.4 Å². The van der Waals surface area contributed by atoms with Crippen LogP contribution in [0.5, 0.6) is 5.75 Å². The molecule has 4 aromatic rings. The van der Waals surface area contributed by atoms with Gasteiger partial charge < -0.3 is 13.7 Å². The van der Waals surface area contributed by atoms with Crippen LogP contribution in [-0.4, -0.2) is 24.1 Å². The van der Waals surface area contributed by atoms with Crippen molar-refractivity contribution in [2.24, 2.45) is 0 Å². The molecule has 3 heterocycles. The third-order valence-corrected chi connectivity index (χ3v) is 5.60. The molecular weight excluding hydrogens is 394 g/mol. The van der Waals surface area contributed by atoms with Gasteiger partial charge in [0.15, 0.2) is 11.0 Å². The Balaban J connectivity index is 1.44. The van der Waals surface area contributed by atoms with Crippen molar-refractivity contribution >= 4 is 29.0 Å².